The second-order valence-electron chi connectivity index (χ2n) is 7.02. The van der Waals surface area contributed by atoms with Crippen molar-refractivity contribution >= 4 is 21.7 Å². The Hall–Kier alpha value is -3.06. The van der Waals surface area contributed by atoms with Crippen LogP contribution >= 0.6 is 0 Å². The van der Waals surface area contributed by atoms with Crippen LogP contribution in [0.25, 0.3) is 11.3 Å². The molecule has 1 amide bonds. The SMILES string of the molecule is Cc1ccc(S(=O)(=O)n2c(-c3ccccc3)cc(C(=O)NC3CC3)c2N)cc1. The third-order valence-corrected chi connectivity index (χ3v) is 6.52. The highest BCUT2D eigenvalue weighted by Crippen LogP contribution is 2.32. The third-order valence-electron chi connectivity index (χ3n) is 4.78. The summed E-state index contributed by atoms with van der Waals surface area (Å²) in [4.78, 5) is 12.7. The summed E-state index contributed by atoms with van der Waals surface area (Å²) < 4.78 is 27.8. The van der Waals surface area contributed by atoms with Gasteiger partial charge in [0.25, 0.3) is 15.9 Å². The molecule has 0 bridgehead atoms. The standard InChI is InChI=1S/C21H21N3O3S/c1-14-7-11-17(12-8-14)28(26,27)24-19(15-5-3-2-4-6-15)13-18(20(24)22)21(25)23-16-9-10-16/h2-8,11-13,16H,9-10,22H2,1H3,(H,23,25). The van der Waals surface area contributed by atoms with Crippen molar-refractivity contribution in [1.29, 1.82) is 0 Å². The average molecular weight is 395 g/mol. The fourth-order valence-electron chi connectivity index (χ4n) is 3.07. The van der Waals surface area contributed by atoms with Gasteiger partial charge in [0.05, 0.1) is 16.2 Å². The van der Waals surface area contributed by atoms with Gasteiger partial charge in [0.15, 0.2) is 0 Å². The monoisotopic (exact) mass is 395 g/mol. The molecular weight excluding hydrogens is 374 g/mol. The van der Waals surface area contributed by atoms with Gasteiger partial charge in [0.2, 0.25) is 0 Å². The lowest BCUT2D eigenvalue weighted by Crippen LogP contribution is -2.26. The van der Waals surface area contributed by atoms with Crippen LogP contribution in [0.1, 0.15) is 28.8 Å². The molecule has 1 fully saturated rings. The number of benzene rings is 2. The molecule has 6 nitrogen and oxygen atoms in total. The first kappa shape index (κ1) is 18.3. The van der Waals surface area contributed by atoms with E-state index in [4.69, 9.17) is 5.73 Å². The first-order valence-corrected chi connectivity index (χ1v) is 10.5. The van der Waals surface area contributed by atoms with Crippen LogP contribution in [0.15, 0.2) is 65.6 Å². The smallest absolute Gasteiger partial charge is 0.269 e. The molecule has 0 radical (unpaired) electrons. The lowest BCUT2D eigenvalue weighted by Gasteiger charge is -2.13. The molecule has 4 rings (SSSR count). The van der Waals surface area contributed by atoms with Crippen LogP contribution in [-0.4, -0.2) is 24.3 Å². The minimum absolute atomic E-state index is 0.0856. The van der Waals surface area contributed by atoms with Crippen molar-refractivity contribution in [3.05, 3.63) is 71.8 Å². The third kappa shape index (κ3) is 3.29. The summed E-state index contributed by atoms with van der Waals surface area (Å²) in [5, 5.41) is 2.87. The van der Waals surface area contributed by atoms with Crippen molar-refractivity contribution in [3.63, 3.8) is 0 Å². The molecule has 144 valence electrons. The summed E-state index contributed by atoms with van der Waals surface area (Å²) >= 11 is 0. The molecule has 1 saturated carbocycles. The van der Waals surface area contributed by atoms with E-state index in [1.54, 1.807) is 42.5 Å². The van der Waals surface area contributed by atoms with E-state index in [0.717, 1.165) is 22.4 Å². The fourth-order valence-corrected chi connectivity index (χ4v) is 4.53. The molecule has 3 aromatic rings. The zero-order valence-corrected chi connectivity index (χ0v) is 16.2. The molecule has 1 heterocycles. The Morgan fingerprint density at radius 2 is 1.71 bits per heavy atom. The van der Waals surface area contributed by atoms with Crippen LogP contribution in [0.5, 0.6) is 0 Å². The number of nitrogens with two attached hydrogens (primary N) is 1. The Morgan fingerprint density at radius 3 is 2.32 bits per heavy atom. The number of amides is 1. The molecule has 7 heteroatoms. The van der Waals surface area contributed by atoms with Crippen LogP contribution < -0.4 is 11.1 Å². The summed E-state index contributed by atoms with van der Waals surface area (Å²) in [5.74, 6) is -0.437. The lowest BCUT2D eigenvalue weighted by molar-refractivity contribution is 0.0952. The molecule has 0 saturated heterocycles. The van der Waals surface area contributed by atoms with Crippen LogP contribution in [0, 0.1) is 6.92 Å². The molecule has 28 heavy (non-hydrogen) atoms. The Bertz CT molecular complexity index is 1130. The maximum atomic E-state index is 13.4. The molecular formula is C21H21N3O3S. The maximum absolute atomic E-state index is 13.4. The molecule has 0 aliphatic heterocycles. The Labute approximate surface area is 164 Å². The Balaban J connectivity index is 1.90. The van der Waals surface area contributed by atoms with Crippen LogP contribution in [0.4, 0.5) is 5.82 Å². The minimum atomic E-state index is -3.98. The van der Waals surface area contributed by atoms with Gasteiger partial charge in [0.1, 0.15) is 5.82 Å². The van der Waals surface area contributed by atoms with E-state index in [-0.39, 0.29) is 28.2 Å². The predicted molar refractivity (Wildman–Crippen MR) is 109 cm³/mol. The summed E-state index contributed by atoms with van der Waals surface area (Å²) in [6, 6.07) is 17.3. The number of rotatable bonds is 5. The molecule has 1 aliphatic rings. The van der Waals surface area contributed by atoms with E-state index in [1.807, 2.05) is 25.1 Å². The van der Waals surface area contributed by atoms with E-state index in [0.29, 0.717) is 11.3 Å². The largest absolute Gasteiger partial charge is 0.384 e. The van der Waals surface area contributed by atoms with Crippen molar-refractivity contribution in [2.75, 3.05) is 5.73 Å². The van der Waals surface area contributed by atoms with Crippen LogP contribution in [-0.2, 0) is 10.0 Å². The number of anilines is 1. The van der Waals surface area contributed by atoms with Gasteiger partial charge in [0, 0.05) is 6.04 Å². The van der Waals surface area contributed by atoms with Crippen LogP contribution in [0.2, 0.25) is 0 Å². The first-order valence-electron chi connectivity index (χ1n) is 9.07. The van der Waals surface area contributed by atoms with Crippen LogP contribution in [0.3, 0.4) is 0 Å². The second kappa shape index (κ2) is 6.83. The molecule has 1 aromatic heterocycles. The molecule has 3 N–H and O–H groups in total. The number of nitrogens with one attached hydrogen (secondary N) is 1. The normalized spacial score (nSPS) is 14.0. The summed E-state index contributed by atoms with van der Waals surface area (Å²) in [5.41, 5.74) is 8.36. The van der Waals surface area contributed by atoms with Gasteiger partial charge in [-0.25, -0.2) is 12.4 Å². The lowest BCUT2D eigenvalue weighted by atomic mass is 10.1. The minimum Gasteiger partial charge on any atom is -0.384 e. The second-order valence-corrected chi connectivity index (χ2v) is 8.81. The zero-order valence-electron chi connectivity index (χ0n) is 15.4. The summed E-state index contributed by atoms with van der Waals surface area (Å²) in [6.45, 7) is 1.89. The van der Waals surface area contributed by atoms with Gasteiger partial charge < -0.3 is 11.1 Å². The van der Waals surface area contributed by atoms with Crippen molar-refractivity contribution in [1.82, 2.24) is 9.29 Å². The number of nitrogen functional groups attached to an aromatic ring is 1. The predicted octanol–water partition coefficient (Wildman–Crippen LogP) is 3.17. The van der Waals surface area contributed by atoms with Gasteiger partial charge >= 0.3 is 0 Å². The number of carbonyl (C=O) groups excluding carboxylic acids is 1. The van der Waals surface area contributed by atoms with Gasteiger partial charge in [-0.05, 0) is 43.5 Å². The average Bonchev–Trinajstić information content (AvgIpc) is 3.42. The molecule has 0 atom stereocenters. The molecule has 1 aliphatic carbocycles. The Morgan fingerprint density at radius 1 is 1.07 bits per heavy atom. The highest BCUT2D eigenvalue weighted by Gasteiger charge is 2.30. The van der Waals surface area contributed by atoms with E-state index in [2.05, 4.69) is 5.32 Å². The van der Waals surface area contributed by atoms with Crippen molar-refractivity contribution in [3.8, 4) is 11.3 Å². The van der Waals surface area contributed by atoms with E-state index in [1.165, 1.54) is 0 Å². The van der Waals surface area contributed by atoms with E-state index >= 15 is 0 Å². The van der Waals surface area contributed by atoms with Crippen molar-refractivity contribution in [2.24, 2.45) is 0 Å². The fraction of sp³-hybridized carbons (Fsp3) is 0.190. The number of carbonyl (C=O) groups is 1. The van der Waals surface area contributed by atoms with Gasteiger partial charge in [-0.3, -0.25) is 4.79 Å². The van der Waals surface area contributed by atoms with E-state index in [9.17, 15) is 13.2 Å². The highest BCUT2D eigenvalue weighted by molar-refractivity contribution is 7.90. The maximum Gasteiger partial charge on any atom is 0.269 e. The number of aromatic nitrogens is 1. The van der Waals surface area contributed by atoms with Gasteiger partial charge in [-0.2, -0.15) is 0 Å². The molecule has 2 aromatic carbocycles. The highest BCUT2D eigenvalue weighted by atomic mass is 32.2. The van der Waals surface area contributed by atoms with Gasteiger partial charge in [-0.1, -0.05) is 48.0 Å². The van der Waals surface area contributed by atoms with Crippen molar-refractivity contribution < 1.29 is 13.2 Å². The zero-order chi connectivity index (χ0) is 19.9. The number of aryl methyl sites for hydroxylation is 1. The number of hydrogen-bond acceptors (Lipinski definition) is 4. The molecule has 0 unspecified atom stereocenters. The van der Waals surface area contributed by atoms with Gasteiger partial charge in [-0.15, -0.1) is 0 Å². The summed E-state index contributed by atoms with van der Waals surface area (Å²) in [6.07, 6.45) is 1.86. The number of hydrogen-bond donors (Lipinski definition) is 2. The first-order chi connectivity index (χ1) is 13.4. The van der Waals surface area contributed by atoms with E-state index < -0.39 is 10.0 Å². The molecule has 0 spiro atoms. The topological polar surface area (TPSA) is 94.2 Å². The summed E-state index contributed by atoms with van der Waals surface area (Å²) in [7, 11) is -3.98. The Kier molecular flexibility index (Phi) is 4.47. The van der Waals surface area contributed by atoms with Crippen molar-refractivity contribution in [2.45, 2.75) is 30.7 Å². The number of nitrogens with zero attached hydrogens (tertiary/aromatic N) is 1. The quantitative estimate of drug-likeness (QED) is 0.694.